The summed E-state index contributed by atoms with van der Waals surface area (Å²) < 4.78 is 0. The van der Waals surface area contributed by atoms with E-state index in [0.717, 1.165) is 5.92 Å². The zero-order valence-electron chi connectivity index (χ0n) is 11.5. The van der Waals surface area contributed by atoms with Crippen LogP contribution < -0.4 is 5.32 Å². The lowest BCUT2D eigenvalue weighted by molar-refractivity contribution is 0.351. The monoisotopic (exact) mass is 243 g/mol. The van der Waals surface area contributed by atoms with Gasteiger partial charge in [-0.05, 0) is 69.2 Å². The van der Waals surface area contributed by atoms with Crippen molar-refractivity contribution in [1.29, 1.82) is 0 Å². The lowest BCUT2D eigenvalue weighted by Gasteiger charge is -2.22. The van der Waals surface area contributed by atoms with Crippen molar-refractivity contribution in [3.63, 3.8) is 0 Å². The molecule has 0 radical (unpaired) electrons. The minimum atomic E-state index is 0.910. The Balaban J connectivity index is 1.78. The number of rotatable bonds is 4. The van der Waals surface area contributed by atoms with Gasteiger partial charge >= 0.3 is 0 Å². The quantitative estimate of drug-likeness (QED) is 0.782. The van der Waals surface area contributed by atoms with E-state index in [1.165, 1.54) is 56.3 Å². The highest BCUT2D eigenvalue weighted by Gasteiger charge is 2.12. The molecular weight excluding hydrogens is 218 g/mol. The minimum absolute atomic E-state index is 0.910. The summed E-state index contributed by atoms with van der Waals surface area (Å²) in [5.74, 6) is 0.910. The zero-order chi connectivity index (χ0) is 12.6. The van der Waals surface area contributed by atoms with Crippen LogP contribution in [0.5, 0.6) is 0 Å². The van der Waals surface area contributed by atoms with Crippen molar-refractivity contribution in [3.8, 4) is 0 Å². The molecule has 0 bridgehead atoms. The first-order chi connectivity index (χ1) is 8.86. The molecule has 1 N–H and O–H groups in total. The molecule has 1 heterocycles. The van der Waals surface area contributed by atoms with Gasteiger partial charge in [0.25, 0.3) is 0 Å². The molecule has 1 nitrogen and oxygen atoms in total. The molecular formula is C17H25N. The molecule has 1 saturated heterocycles. The van der Waals surface area contributed by atoms with E-state index in [9.17, 15) is 0 Å². The topological polar surface area (TPSA) is 12.0 Å². The van der Waals surface area contributed by atoms with Gasteiger partial charge in [-0.25, -0.2) is 0 Å². The normalized spacial score (nSPS) is 33.5. The van der Waals surface area contributed by atoms with Gasteiger partial charge in [-0.3, -0.25) is 0 Å². The number of piperidine rings is 1. The summed E-state index contributed by atoms with van der Waals surface area (Å²) in [5, 5.41) is 3.50. The standard InChI is InChI=1S/C17H25N/c1-15-8-4-2-3-5-11-17(15)12-6-9-16-10-7-13-18-14-16/h2-5,8,11,16,18H,6-7,9-10,12-14H2,1H3/b3-2?,4-2-,5-3-,8-4?,11-5?,15-8-,17-11-,17-15?. The SMILES string of the molecule is CC1=C/C=C\C=C/C=C\1CCCC1CCCNC1. The van der Waals surface area contributed by atoms with Crippen LogP contribution in [0, 0.1) is 5.92 Å². The van der Waals surface area contributed by atoms with Crippen molar-refractivity contribution in [1.82, 2.24) is 5.32 Å². The van der Waals surface area contributed by atoms with Gasteiger partial charge in [0.05, 0.1) is 0 Å². The van der Waals surface area contributed by atoms with E-state index < -0.39 is 0 Å². The molecule has 1 atom stereocenters. The van der Waals surface area contributed by atoms with Crippen LogP contribution in [0.3, 0.4) is 0 Å². The molecule has 1 aliphatic carbocycles. The van der Waals surface area contributed by atoms with Crippen LogP contribution >= 0.6 is 0 Å². The molecule has 1 heteroatoms. The van der Waals surface area contributed by atoms with E-state index >= 15 is 0 Å². The molecule has 0 saturated carbocycles. The van der Waals surface area contributed by atoms with Gasteiger partial charge in [0.2, 0.25) is 0 Å². The van der Waals surface area contributed by atoms with Gasteiger partial charge in [0.15, 0.2) is 0 Å². The molecule has 1 aliphatic heterocycles. The van der Waals surface area contributed by atoms with E-state index in [0.29, 0.717) is 0 Å². The number of allylic oxidation sites excluding steroid dienone is 8. The first-order valence-electron chi connectivity index (χ1n) is 7.28. The lowest BCUT2D eigenvalue weighted by atomic mass is 9.91. The van der Waals surface area contributed by atoms with Gasteiger partial charge < -0.3 is 5.32 Å². The Bertz CT molecular complexity index is 365. The zero-order valence-corrected chi connectivity index (χ0v) is 11.5. The Hall–Kier alpha value is -1.08. The average molecular weight is 243 g/mol. The molecule has 1 unspecified atom stereocenters. The van der Waals surface area contributed by atoms with Crippen LogP contribution in [0.25, 0.3) is 0 Å². The highest BCUT2D eigenvalue weighted by molar-refractivity contribution is 5.37. The molecule has 0 aromatic rings. The van der Waals surface area contributed by atoms with Crippen molar-refractivity contribution < 1.29 is 0 Å². The second-order valence-corrected chi connectivity index (χ2v) is 5.42. The summed E-state index contributed by atoms with van der Waals surface area (Å²) in [6, 6.07) is 0. The Morgan fingerprint density at radius 2 is 2.00 bits per heavy atom. The lowest BCUT2D eigenvalue weighted by Crippen LogP contribution is -2.29. The average Bonchev–Trinajstić information content (AvgIpc) is 2.39. The van der Waals surface area contributed by atoms with E-state index in [4.69, 9.17) is 0 Å². The summed E-state index contributed by atoms with van der Waals surface area (Å²) >= 11 is 0. The maximum atomic E-state index is 3.50. The molecule has 0 aromatic heterocycles. The fraction of sp³-hybridized carbons (Fsp3) is 0.529. The predicted octanol–water partition coefficient (Wildman–Crippen LogP) is 4.16. The van der Waals surface area contributed by atoms with E-state index in [2.05, 4.69) is 48.7 Å². The maximum absolute atomic E-state index is 3.50. The van der Waals surface area contributed by atoms with Crippen LogP contribution in [0.1, 0.15) is 39.0 Å². The third kappa shape index (κ3) is 4.30. The molecule has 2 aliphatic rings. The Labute approximate surface area is 111 Å². The molecule has 1 fully saturated rings. The number of nitrogens with one attached hydrogen (secondary N) is 1. The highest BCUT2D eigenvalue weighted by Crippen LogP contribution is 2.22. The van der Waals surface area contributed by atoms with Crippen molar-refractivity contribution in [2.75, 3.05) is 13.1 Å². The Morgan fingerprint density at radius 1 is 1.17 bits per heavy atom. The van der Waals surface area contributed by atoms with Gasteiger partial charge in [-0.15, -0.1) is 0 Å². The molecule has 0 spiro atoms. The first kappa shape index (κ1) is 13.4. The summed E-state index contributed by atoms with van der Waals surface area (Å²) in [6.07, 6.45) is 19.7. The van der Waals surface area contributed by atoms with E-state index in [1.807, 2.05) is 0 Å². The molecule has 98 valence electrons. The molecule has 0 amide bonds. The van der Waals surface area contributed by atoms with Crippen LogP contribution in [0.15, 0.2) is 47.6 Å². The largest absolute Gasteiger partial charge is 0.316 e. The predicted molar refractivity (Wildman–Crippen MR) is 79.6 cm³/mol. The van der Waals surface area contributed by atoms with Crippen molar-refractivity contribution in [2.45, 2.75) is 39.0 Å². The summed E-state index contributed by atoms with van der Waals surface area (Å²) in [4.78, 5) is 0. The van der Waals surface area contributed by atoms with Gasteiger partial charge in [0.1, 0.15) is 0 Å². The number of hydrogen-bond donors (Lipinski definition) is 1. The highest BCUT2D eigenvalue weighted by atomic mass is 14.9. The minimum Gasteiger partial charge on any atom is -0.316 e. The summed E-state index contributed by atoms with van der Waals surface area (Å²) in [6.45, 7) is 4.68. The second kappa shape index (κ2) is 7.38. The van der Waals surface area contributed by atoms with Gasteiger partial charge in [0, 0.05) is 0 Å². The van der Waals surface area contributed by atoms with Gasteiger partial charge in [-0.1, -0.05) is 36.5 Å². The summed E-state index contributed by atoms with van der Waals surface area (Å²) in [7, 11) is 0. The molecule has 2 rings (SSSR count). The van der Waals surface area contributed by atoms with E-state index in [1.54, 1.807) is 0 Å². The first-order valence-corrected chi connectivity index (χ1v) is 7.28. The van der Waals surface area contributed by atoms with Crippen LogP contribution in [-0.4, -0.2) is 13.1 Å². The Kier molecular flexibility index (Phi) is 5.47. The molecule has 18 heavy (non-hydrogen) atoms. The Morgan fingerprint density at radius 3 is 2.78 bits per heavy atom. The third-order valence-corrected chi connectivity index (χ3v) is 3.94. The third-order valence-electron chi connectivity index (χ3n) is 3.94. The van der Waals surface area contributed by atoms with E-state index in [-0.39, 0.29) is 0 Å². The maximum Gasteiger partial charge on any atom is -0.00205 e. The fourth-order valence-corrected chi connectivity index (χ4v) is 2.77. The molecule has 0 aromatic carbocycles. The van der Waals surface area contributed by atoms with Crippen LogP contribution in [0.4, 0.5) is 0 Å². The second-order valence-electron chi connectivity index (χ2n) is 5.42. The van der Waals surface area contributed by atoms with Crippen molar-refractivity contribution in [3.05, 3.63) is 47.6 Å². The van der Waals surface area contributed by atoms with Crippen molar-refractivity contribution >= 4 is 0 Å². The van der Waals surface area contributed by atoms with Gasteiger partial charge in [-0.2, -0.15) is 0 Å². The smallest absolute Gasteiger partial charge is 0.00205 e. The van der Waals surface area contributed by atoms with Crippen LogP contribution in [-0.2, 0) is 0 Å². The summed E-state index contributed by atoms with van der Waals surface area (Å²) in [5.41, 5.74) is 2.91. The van der Waals surface area contributed by atoms with Crippen LogP contribution in [0.2, 0.25) is 0 Å². The fourth-order valence-electron chi connectivity index (χ4n) is 2.77. The number of hydrogen-bond acceptors (Lipinski definition) is 1. The van der Waals surface area contributed by atoms with Crippen molar-refractivity contribution in [2.24, 2.45) is 5.92 Å².